The number of likely N-dealkylation sites (tertiary alicyclic amines) is 1. The van der Waals surface area contributed by atoms with Gasteiger partial charge in [-0.25, -0.2) is 4.79 Å². The summed E-state index contributed by atoms with van der Waals surface area (Å²) < 4.78 is 5.24. The number of rotatable bonds is 4. The lowest BCUT2D eigenvalue weighted by atomic mass is 9.89. The van der Waals surface area contributed by atoms with Crippen LogP contribution in [0.15, 0.2) is 42.5 Å². The van der Waals surface area contributed by atoms with Crippen LogP contribution in [0.5, 0.6) is 5.75 Å². The second kappa shape index (κ2) is 8.05. The number of Topliss-reactive ketones (excluding diaryl/α,β-unsaturated/α-hetero) is 2. The highest BCUT2D eigenvalue weighted by Gasteiger charge is 2.24. The average molecular weight is 393 g/mol. The molecule has 2 aliphatic heterocycles. The molecule has 2 aromatic carbocycles. The minimum atomic E-state index is -0.425. The number of urea groups is 1. The molecule has 150 valence electrons. The third-order valence-electron chi connectivity index (χ3n) is 5.41. The summed E-state index contributed by atoms with van der Waals surface area (Å²) in [4.78, 5) is 38.9. The van der Waals surface area contributed by atoms with E-state index in [0.717, 1.165) is 25.9 Å². The molecule has 7 heteroatoms. The molecule has 7 nitrogen and oxygen atoms in total. The summed E-state index contributed by atoms with van der Waals surface area (Å²) in [6, 6.07) is 11.5. The predicted octanol–water partition coefficient (Wildman–Crippen LogP) is 3.43. The average Bonchev–Trinajstić information content (AvgIpc) is 3.09. The minimum absolute atomic E-state index is 0.0353. The molecule has 2 aromatic rings. The van der Waals surface area contributed by atoms with E-state index in [1.807, 2.05) is 0 Å². The molecule has 2 amide bonds. The summed E-state index contributed by atoms with van der Waals surface area (Å²) in [6.45, 7) is 1.92. The van der Waals surface area contributed by atoms with Gasteiger partial charge >= 0.3 is 6.03 Å². The smallest absolute Gasteiger partial charge is 0.323 e. The molecule has 0 spiro atoms. The Balaban J connectivity index is 1.35. The van der Waals surface area contributed by atoms with Crippen molar-refractivity contribution >= 4 is 29.0 Å². The van der Waals surface area contributed by atoms with E-state index in [9.17, 15) is 14.4 Å². The molecule has 29 heavy (non-hydrogen) atoms. The molecular weight excluding hydrogens is 370 g/mol. The van der Waals surface area contributed by atoms with Crippen molar-refractivity contribution in [2.75, 3.05) is 37.4 Å². The number of hydrogen-bond acceptors (Lipinski definition) is 5. The molecular formula is C22H23N3O4. The van der Waals surface area contributed by atoms with Gasteiger partial charge in [-0.3, -0.25) is 9.59 Å². The quantitative estimate of drug-likeness (QED) is 0.777. The SMILES string of the molecule is CN1CCC(C(=O)c2ccc(NC(=O)Nc3ccc4c(c3)C(=O)CO4)cc2)CC1. The summed E-state index contributed by atoms with van der Waals surface area (Å²) in [5.41, 5.74) is 2.24. The fourth-order valence-electron chi connectivity index (χ4n) is 3.69. The maximum atomic E-state index is 12.6. The van der Waals surface area contributed by atoms with Gasteiger partial charge in [-0.05, 0) is 75.4 Å². The number of ketones is 2. The van der Waals surface area contributed by atoms with Crippen LogP contribution in [0.1, 0.15) is 33.6 Å². The maximum Gasteiger partial charge on any atom is 0.323 e. The first kappa shape index (κ1) is 19.1. The Labute approximate surface area is 169 Å². The van der Waals surface area contributed by atoms with Crippen molar-refractivity contribution in [3.05, 3.63) is 53.6 Å². The highest BCUT2D eigenvalue weighted by atomic mass is 16.5. The molecule has 0 unspecified atom stereocenters. The highest BCUT2D eigenvalue weighted by Crippen LogP contribution is 2.28. The van der Waals surface area contributed by atoms with Crippen molar-refractivity contribution < 1.29 is 19.1 Å². The lowest BCUT2D eigenvalue weighted by Gasteiger charge is -2.28. The largest absolute Gasteiger partial charge is 0.485 e. The van der Waals surface area contributed by atoms with Gasteiger partial charge < -0.3 is 20.3 Å². The Bertz CT molecular complexity index is 947. The van der Waals surface area contributed by atoms with Gasteiger partial charge in [-0.15, -0.1) is 0 Å². The molecule has 1 fully saturated rings. The minimum Gasteiger partial charge on any atom is -0.485 e. The standard InChI is InChI=1S/C22H23N3O4/c1-25-10-8-15(9-11-25)21(27)14-2-4-16(5-3-14)23-22(28)24-17-6-7-20-18(12-17)19(26)13-29-20/h2-7,12,15H,8-11,13H2,1H3,(H2,23,24,28). The number of carbonyl (C=O) groups is 3. The Morgan fingerprint density at radius 3 is 2.38 bits per heavy atom. The third-order valence-corrected chi connectivity index (χ3v) is 5.41. The van der Waals surface area contributed by atoms with E-state index in [2.05, 4.69) is 22.6 Å². The molecule has 4 rings (SSSR count). The fraction of sp³-hybridized carbons (Fsp3) is 0.318. The summed E-state index contributed by atoms with van der Waals surface area (Å²) in [5, 5.41) is 5.44. The predicted molar refractivity (Wildman–Crippen MR) is 110 cm³/mol. The zero-order chi connectivity index (χ0) is 20.4. The summed E-state index contributed by atoms with van der Waals surface area (Å²) in [7, 11) is 2.07. The molecule has 0 bridgehead atoms. The lowest BCUT2D eigenvalue weighted by Crippen LogP contribution is -2.33. The number of amides is 2. The maximum absolute atomic E-state index is 12.6. The van der Waals surface area contributed by atoms with Crippen LogP contribution in [0.3, 0.4) is 0 Å². The first-order valence-corrected chi connectivity index (χ1v) is 9.70. The summed E-state index contributed by atoms with van der Waals surface area (Å²) in [5.74, 6) is 0.665. The van der Waals surface area contributed by atoms with E-state index in [4.69, 9.17) is 4.74 Å². The van der Waals surface area contributed by atoms with E-state index >= 15 is 0 Å². The third kappa shape index (κ3) is 4.30. The number of piperidine rings is 1. The number of nitrogens with zero attached hydrogens (tertiary/aromatic N) is 1. The van der Waals surface area contributed by atoms with Crippen molar-refractivity contribution in [3.8, 4) is 5.75 Å². The van der Waals surface area contributed by atoms with Crippen molar-refractivity contribution in [1.29, 1.82) is 0 Å². The van der Waals surface area contributed by atoms with Gasteiger partial charge in [0.15, 0.2) is 12.4 Å². The normalized spacial score (nSPS) is 16.8. The van der Waals surface area contributed by atoms with Crippen molar-refractivity contribution in [1.82, 2.24) is 4.90 Å². The lowest BCUT2D eigenvalue weighted by molar-refractivity contribution is 0.0856. The van der Waals surface area contributed by atoms with Crippen molar-refractivity contribution in [3.63, 3.8) is 0 Å². The highest BCUT2D eigenvalue weighted by molar-refractivity contribution is 6.05. The van der Waals surface area contributed by atoms with Gasteiger partial charge in [-0.1, -0.05) is 0 Å². The fourth-order valence-corrected chi connectivity index (χ4v) is 3.69. The van der Waals surface area contributed by atoms with Gasteiger partial charge in [0.1, 0.15) is 5.75 Å². The number of fused-ring (bicyclic) bond motifs is 1. The second-order valence-electron chi connectivity index (χ2n) is 7.52. The molecule has 0 aliphatic carbocycles. The van der Waals surface area contributed by atoms with Gasteiger partial charge in [0.05, 0.1) is 5.56 Å². The van der Waals surface area contributed by atoms with Gasteiger partial charge in [0.25, 0.3) is 0 Å². The van der Waals surface area contributed by atoms with Crippen LogP contribution in [0.2, 0.25) is 0 Å². The van der Waals surface area contributed by atoms with Gasteiger partial charge in [-0.2, -0.15) is 0 Å². The Kier molecular flexibility index (Phi) is 5.31. The van der Waals surface area contributed by atoms with Gasteiger partial charge in [0.2, 0.25) is 5.78 Å². The Morgan fingerprint density at radius 2 is 1.66 bits per heavy atom. The monoisotopic (exact) mass is 393 g/mol. The number of nitrogens with one attached hydrogen (secondary N) is 2. The molecule has 0 radical (unpaired) electrons. The summed E-state index contributed by atoms with van der Waals surface area (Å²) >= 11 is 0. The second-order valence-corrected chi connectivity index (χ2v) is 7.52. The number of benzene rings is 2. The van der Waals surface area contributed by atoms with E-state index in [-0.39, 0.29) is 24.1 Å². The molecule has 0 saturated carbocycles. The molecule has 0 aromatic heterocycles. The molecule has 2 heterocycles. The van der Waals surface area contributed by atoms with Gasteiger partial charge in [0, 0.05) is 22.9 Å². The van der Waals surface area contributed by atoms with Crippen LogP contribution >= 0.6 is 0 Å². The zero-order valence-electron chi connectivity index (χ0n) is 16.2. The van der Waals surface area contributed by atoms with E-state index in [1.54, 1.807) is 42.5 Å². The first-order valence-electron chi connectivity index (χ1n) is 9.70. The van der Waals surface area contributed by atoms with Crippen LogP contribution in [0.4, 0.5) is 16.2 Å². The Morgan fingerprint density at radius 1 is 1.00 bits per heavy atom. The van der Waals surface area contributed by atoms with Crippen LogP contribution in [-0.4, -0.2) is 49.2 Å². The first-order chi connectivity index (χ1) is 14.0. The molecule has 2 N–H and O–H groups in total. The molecule has 1 saturated heterocycles. The van der Waals surface area contributed by atoms with Crippen molar-refractivity contribution in [2.45, 2.75) is 12.8 Å². The number of ether oxygens (including phenoxy) is 1. The van der Waals surface area contributed by atoms with E-state index < -0.39 is 6.03 Å². The van der Waals surface area contributed by atoms with E-state index in [1.165, 1.54) is 0 Å². The van der Waals surface area contributed by atoms with E-state index in [0.29, 0.717) is 28.3 Å². The van der Waals surface area contributed by atoms with Crippen LogP contribution in [-0.2, 0) is 0 Å². The van der Waals surface area contributed by atoms with Crippen LogP contribution in [0, 0.1) is 5.92 Å². The zero-order valence-corrected chi connectivity index (χ0v) is 16.2. The number of anilines is 2. The van der Waals surface area contributed by atoms with Crippen LogP contribution in [0.25, 0.3) is 0 Å². The molecule has 0 atom stereocenters. The van der Waals surface area contributed by atoms with Crippen molar-refractivity contribution in [2.24, 2.45) is 5.92 Å². The Hall–Kier alpha value is -3.19. The topological polar surface area (TPSA) is 87.7 Å². The molecule has 2 aliphatic rings. The number of carbonyl (C=O) groups excluding carboxylic acids is 3. The summed E-state index contributed by atoms with van der Waals surface area (Å²) in [6.07, 6.45) is 1.76. The number of hydrogen-bond donors (Lipinski definition) is 2. The van der Waals surface area contributed by atoms with Crippen LogP contribution < -0.4 is 15.4 Å².